The molecule has 2 aliphatic carbocycles. The Kier molecular flexibility index (Phi) is 4.83. The maximum Gasteiger partial charge on any atom is 0.323 e. The zero-order valence-corrected chi connectivity index (χ0v) is 17.1. The van der Waals surface area contributed by atoms with Crippen molar-refractivity contribution < 1.29 is 13.2 Å². The molecule has 150 valence electrons. The number of hydrazine groups is 1. The zero-order valence-electron chi connectivity index (χ0n) is 15.5. The molecule has 2 heterocycles. The molecule has 5 atom stereocenters. The lowest BCUT2D eigenvalue weighted by atomic mass is 9.90. The zero-order chi connectivity index (χ0) is 19.4. The summed E-state index contributed by atoms with van der Waals surface area (Å²) in [5.41, 5.74) is 5.65. The first-order valence-electron chi connectivity index (χ1n) is 9.39. The highest BCUT2D eigenvalue weighted by molar-refractivity contribution is 8.00. The van der Waals surface area contributed by atoms with Crippen molar-refractivity contribution in [3.63, 3.8) is 0 Å². The molecule has 0 aromatic heterocycles. The fourth-order valence-corrected chi connectivity index (χ4v) is 7.30. The van der Waals surface area contributed by atoms with E-state index < -0.39 is 15.3 Å². The van der Waals surface area contributed by atoms with Crippen molar-refractivity contribution in [2.45, 2.75) is 79.7 Å². The van der Waals surface area contributed by atoms with E-state index >= 15 is 0 Å². The summed E-state index contributed by atoms with van der Waals surface area (Å²) < 4.78 is 28.6. The largest absolute Gasteiger partial charge is 0.323 e. The maximum atomic E-state index is 13.0. The quantitative estimate of drug-likeness (QED) is 0.560. The molecule has 0 radical (unpaired) electrons. The summed E-state index contributed by atoms with van der Waals surface area (Å²) in [4.78, 5) is 16.4. The van der Waals surface area contributed by atoms with Crippen LogP contribution in [0.25, 0.3) is 0 Å². The lowest BCUT2D eigenvalue weighted by Crippen LogP contribution is -2.53. The number of hydrogen-bond donors (Lipinski definition) is 3. The highest BCUT2D eigenvalue weighted by atomic mass is 32.2. The lowest BCUT2D eigenvalue weighted by Gasteiger charge is -2.37. The molecular formula is C16H26N6O3S2. The second-order valence-electron chi connectivity index (χ2n) is 8.17. The van der Waals surface area contributed by atoms with E-state index in [0.29, 0.717) is 19.3 Å². The first-order chi connectivity index (χ1) is 12.7. The molecular weight excluding hydrogens is 388 g/mol. The van der Waals surface area contributed by atoms with Gasteiger partial charge in [0.15, 0.2) is 0 Å². The Hall–Kier alpha value is -1.06. The highest BCUT2D eigenvalue weighted by Gasteiger charge is 2.54. The van der Waals surface area contributed by atoms with Crippen LogP contribution in [0.4, 0.5) is 4.79 Å². The molecule has 2 saturated carbocycles. The van der Waals surface area contributed by atoms with Crippen LogP contribution in [0.1, 0.15) is 46.0 Å². The van der Waals surface area contributed by atoms with Gasteiger partial charge in [-0.2, -0.15) is 5.26 Å². The molecule has 0 spiro atoms. The first kappa shape index (κ1) is 19.3. The van der Waals surface area contributed by atoms with E-state index in [9.17, 15) is 13.2 Å². The molecule has 0 bridgehead atoms. The SMILES string of the molecule is CC1NNC(N2C(=O)N(CC#N)C3CCC(S(=O)(=O)NC4(C)CC4)CC32)S1. The number of rotatable bonds is 5. The number of nitriles is 1. The molecule has 0 aromatic rings. The Morgan fingerprint density at radius 1 is 1.33 bits per heavy atom. The van der Waals surface area contributed by atoms with Crippen LogP contribution in [0.15, 0.2) is 0 Å². The third kappa shape index (κ3) is 3.53. The van der Waals surface area contributed by atoms with Crippen LogP contribution in [-0.2, 0) is 10.0 Å². The average Bonchev–Trinajstić information content (AvgIpc) is 3.05. The van der Waals surface area contributed by atoms with Gasteiger partial charge in [-0.05, 0) is 46.0 Å². The molecule has 2 saturated heterocycles. The number of nitrogens with zero attached hydrogens (tertiary/aromatic N) is 3. The molecule has 0 aromatic carbocycles. The van der Waals surface area contributed by atoms with Gasteiger partial charge in [-0.1, -0.05) is 0 Å². The van der Waals surface area contributed by atoms with E-state index in [4.69, 9.17) is 5.26 Å². The molecule has 4 fully saturated rings. The van der Waals surface area contributed by atoms with Crippen LogP contribution in [0, 0.1) is 11.3 Å². The van der Waals surface area contributed by atoms with E-state index in [1.165, 1.54) is 0 Å². The Bertz CT molecular complexity index is 765. The van der Waals surface area contributed by atoms with Gasteiger partial charge in [0.25, 0.3) is 0 Å². The molecule has 9 nitrogen and oxygen atoms in total. The molecule has 4 aliphatic rings. The Labute approximate surface area is 164 Å². The summed E-state index contributed by atoms with van der Waals surface area (Å²) in [7, 11) is -3.44. The van der Waals surface area contributed by atoms with Crippen LogP contribution in [0.3, 0.4) is 0 Å². The Balaban J connectivity index is 1.56. The van der Waals surface area contributed by atoms with Gasteiger partial charge >= 0.3 is 6.03 Å². The molecule has 11 heteroatoms. The Morgan fingerprint density at radius 2 is 2.07 bits per heavy atom. The van der Waals surface area contributed by atoms with E-state index in [2.05, 4.69) is 21.6 Å². The van der Waals surface area contributed by atoms with Crippen LogP contribution in [0.2, 0.25) is 0 Å². The predicted molar refractivity (Wildman–Crippen MR) is 102 cm³/mol. The molecule has 4 rings (SSSR count). The van der Waals surface area contributed by atoms with Crippen molar-refractivity contribution in [2.75, 3.05) is 6.54 Å². The Morgan fingerprint density at radius 3 is 2.67 bits per heavy atom. The second kappa shape index (κ2) is 6.77. The molecule has 3 N–H and O–H groups in total. The lowest BCUT2D eigenvalue weighted by molar-refractivity contribution is 0.171. The van der Waals surface area contributed by atoms with Crippen LogP contribution < -0.4 is 15.6 Å². The summed E-state index contributed by atoms with van der Waals surface area (Å²) in [6.07, 6.45) is 3.25. The number of urea groups is 1. The van der Waals surface area contributed by atoms with Crippen molar-refractivity contribution in [2.24, 2.45) is 0 Å². The molecule has 2 amide bonds. The van der Waals surface area contributed by atoms with E-state index in [1.54, 1.807) is 21.6 Å². The van der Waals surface area contributed by atoms with Gasteiger partial charge in [0.05, 0.1) is 28.8 Å². The summed E-state index contributed by atoms with van der Waals surface area (Å²) in [5.74, 6) is 0. The highest BCUT2D eigenvalue weighted by Crippen LogP contribution is 2.41. The van der Waals surface area contributed by atoms with E-state index in [-0.39, 0.29) is 41.1 Å². The van der Waals surface area contributed by atoms with Gasteiger partial charge in [-0.3, -0.25) is 4.90 Å². The minimum absolute atomic E-state index is 0.0323. The van der Waals surface area contributed by atoms with E-state index in [0.717, 1.165) is 12.8 Å². The number of carbonyl (C=O) groups is 1. The minimum atomic E-state index is -3.44. The van der Waals surface area contributed by atoms with Gasteiger partial charge in [0, 0.05) is 5.54 Å². The third-order valence-corrected chi connectivity index (χ3v) is 9.23. The molecule has 5 unspecified atom stereocenters. The van der Waals surface area contributed by atoms with Crippen molar-refractivity contribution in [3.05, 3.63) is 0 Å². The minimum Gasteiger partial charge on any atom is -0.306 e. The van der Waals surface area contributed by atoms with Crippen LogP contribution in [0.5, 0.6) is 0 Å². The van der Waals surface area contributed by atoms with Gasteiger partial charge in [0.1, 0.15) is 12.0 Å². The van der Waals surface area contributed by atoms with Gasteiger partial charge in [-0.15, -0.1) is 11.8 Å². The normalized spacial score (nSPS) is 38.0. The van der Waals surface area contributed by atoms with Crippen LogP contribution >= 0.6 is 11.8 Å². The summed E-state index contributed by atoms with van der Waals surface area (Å²) in [5, 5.41) is 8.78. The predicted octanol–water partition coefficient (Wildman–Crippen LogP) is 0.480. The van der Waals surface area contributed by atoms with E-state index in [1.807, 2.05) is 13.8 Å². The smallest absolute Gasteiger partial charge is 0.306 e. The fourth-order valence-electron chi connectivity index (χ4n) is 4.31. The number of amides is 2. The van der Waals surface area contributed by atoms with Gasteiger partial charge in [0.2, 0.25) is 10.0 Å². The first-order valence-corrected chi connectivity index (χ1v) is 11.9. The molecule has 2 aliphatic heterocycles. The van der Waals surface area contributed by atoms with Crippen molar-refractivity contribution in [1.82, 2.24) is 25.4 Å². The average molecular weight is 415 g/mol. The number of sulfonamides is 1. The summed E-state index contributed by atoms with van der Waals surface area (Å²) >= 11 is 1.58. The number of nitrogens with one attached hydrogen (secondary N) is 3. The van der Waals surface area contributed by atoms with Gasteiger partial charge < -0.3 is 4.90 Å². The number of carbonyl (C=O) groups excluding carboxylic acids is 1. The van der Waals surface area contributed by atoms with Crippen molar-refractivity contribution in [1.29, 1.82) is 5.26 Å². The summed E-state index contributed by atoms with van der Waals surface area (Å²) in [6.45, 7) is 3.96. The summed E-state index contributed by atoms with van der Waals surface area (Å²) in [6, 6.07) is 1.56. The monoisotopic (exact) mass is 414 g/mol. The number of hydrogen-bond acceptors (Lipinski definition) is 7. The number of fused-ring (bicyclic) bond motifs is 1. The van der Waals surface area contributed by atoms with Crippen molar-refractivity contribution in [3.8, 4) is 6.07 Å². The van der Waals surface area contributed by atoms with Crippen LogP contribution in [-0.4, -0.2) is 64.5 Å². The molecule has 27 heavy (non-hydrogen) atoms. The second-order valence-corrected chi connectivity index (χ2v) is 11.6. The number of thioether (sulfide) groups is 1. The third-order valence-electron chi connectivity index (χ3n) is 6.02. The standard InChI is InChI=1S/C16H26N6O3S2/c1-10-18-19-14(26-10)22-13-9-11(27(24,25)20-16(2)5-6-16)3-4-12(13)21(8-7-17)15(22)23/h10-14,18-20H,3-6,8-9H2,1-2H3. The van der Waals surface area contributed by atoms with Crippen molar-refractivity contribution >= 4 is 27.8 Å². The topological polar surface area (TPSA) is 118 Å². The van der Waals surface area contributed by atoms with Gasteiger partial charge in [-0.25, -0.2) is 28.8 Å². The maximum absolute atomic E-state index is 13.0. The fraction of sp³-hybridized carbons (Fsp3) is 0.875.